The number of non-ortho nitro benzene ring substituents is 1. The van der Waals surface area contributed by atoms with Crippen molar-refractivity contribution in [2.24, 2.45) is 5.10 Å². The molecule has 3 aromatic rings. The fourth-order valence-corrected chi connectivity index (χ4v) is 4.91. The Morgan fingerprint density at radius 3 is 2.10 bits per heavy atom. The lowest BCUT2D eigenvalue weighted by Gasteiger charge is -2.30. The molecule has 0 unspecified atom stereocenters. The van der Waals surface area contributed by atoms with E-state index in [-0.39, 0.29) is 12.3 Å². The second kappa shape index (κ2) is 13.7. The third-order valence-electron chi connectivity index (χ3n) is 7.08. The second-order valence-electron chi connectivity index (χ2n) is 10.1. The summed E-state index contributed by atoms with van der Waals surface area (Å²) in [7, 11) is 0. The number of anilines is 3. The molecule has 0 bridgehead atoms. The summed E-state index contributed by atoms with van der Waals surface area (Å²) in [5, 5.41) is 15.3. The van der Waals surface area contributed by atoms with Crippen molar-refractivity contribution in [1.82, 2.24) is 15.0 Å². The van der Waals surface area contributed by atoms with E-state index in [4.69, 9.17) is 14.5 Å². The Morgan fingerprint density at radius 1 is 0.878 bits per heavy atom. The molecule has 0 amide bonds. The molecular weight excluding hydrogens is 524 g/mol. The van der Waals surface area contributed by atoms with E-state index in [0.717, 1.165) is 63.0 Å². The van der Waals surface area contributed by atoms with Gasteiger partial charge in [-0.05, 0) is 86.9 Å². The van der Waals surface area contributed by atoms with E-state index in [2.05, 4.69) is 30.3 Å². The lowest BCUT2D eigenvalue weighted by Crippen LogP contribution is -2.34. The lowest BCUT2D eigenvalue weighted by atomic mass is 10.1. The van der Waals surface area contributed by atoms with Crippen LogP contribution in [0.2, 0.25) is 0 Å². The van der Waals surface area contributed by atoms with Gasteiger partial charge in [-0.2, -0.15) is 20.1 Å². The third kappa shape index (κ3) is 7.59. The highest BCUT2D eigenvalue weighted by Gasteiger charge is 2.20. The van der Waals surface area contributed by atoms with Crippen molar-refractivity contribution in [2.45, 2.75) is 52.1 Å². The Labute approximate surface area is 239 Å². The lowest BCUT2D eigenvalue weighted by molar-refractivity contribution is -0.384. The van der Waals surface area contributed by atoms with Crippen molar-refractivity contribution < 1.29 is 14.4 Å². The topological polar surface area (TPSA) is 131 Å². The van der Waals surface area contributed by atoms with Gasteiger partial charge < -0.3 is 19.3 Å². The number of nitrogens with zero attached hydrogens (tertiary/aromatic N) is 7. The van der Waals surface area contributed by atoms with E-state index in [1.54, 1.807) is 18.3 Å². The van der Waals surface area contributed by atoms with Gasteiger partial charge in [-0.15, -0.1) is 0 Å². The van der Waals surface area contributed by atoms with Crippen molar-refractivity contribution in [3.63, 3.8) is 0 Å². The molecule has 2 aliphatic rings. The molecule has 12 nitrogen and oxygen atoms in total. The summed E-state index contributed by atoms with van der Waals surface area (Å²) in [5.41, 5.74) is 4.68. The number of ether oxygens (including phenoxy) is 2. The van der Waals surface area contributed by atoms with Crippen molar-refractivity contribution in [2.75, 3.05) is 48.0 Å². The zero-order chi connectivity index (χ0) is 28.4. The quantitative estimate of drug-likeness (QED) is 0.190. The van der Waals surface area contributed by atoms with Gasteiger partial charge in [0.25, 0.3) is 5.69 Å². The first-order valence-electron chi connectivity index (χ1n) is 14.3. The van der Waals surface area contributed by atoms with Crippen LogP contribution in [-0.4, -0.2) is 58.9 Å². The highest BCUT2D eigenvalue weighted by Crippen LogP contribution is 2.29. The fourth-order valence-electron chi connectivity index (χ4n) is 4.91. The first kappa shape index (κ1) is 28.1. The Hall–Kier alpha value is -4.48. The molecule has 3 heterocycles. The van der Waals surface area contributed by atoms with Gasteiger partial charge in [0.15, 0.2) is 11.5 Å². The predicted octanol–water partition coefficient (Wildman–Crippen LogP) is 5.18. The number of nitro benzene ring substituents is 1. The Morgan fingerprint density at radius 2 is 1.51 bits per heavy atom. The fraction of sp³-hybridized carbons (Fsp3) is 0.448. The van der Waals surface area contributed by atoms with Crippen LogP contribution in [0.3, 0.4) is 0 Å². The standard InChI is InChI=1S/C29H36N8O4/c1-2-40-26-19-23(11-14-25(26)41-21-22-9-12-24(13-10-22)37(38)39)20-30-34-27-31-28(35-15-5-3-6-16-35)33-29(32-27)36-17-7-4-8-18-36/h9-14,19-20H,2-8,15-18,21H2,1H3,(H,31,32,33,34). The van der Waals surface area contributed by atoms with Crippen LogP contribution in [0.15, 0.2) is 47.6 Å². The summed E-state index contributed by atoms with van der Waals surface area (Å²) < 4.78 is 11.8. The summed E-state index contributed by atoms with van der Waals surface area (Å²) in [6.07, 6.45) is 8.72. The molecular formula is C29H36N8O4. The molecule has 2 aliphatic heterocycles. The highest BCUT2D eigenvalue weighted by molar-refractivity contribution is 5.81. The maximum Gasteiger partial charge on any atom is 0.269 e. The van der Waals surface area contributed by atoms with Crippen LogP contribution in [0.4, 0.5) is 23.5 Å². The van der Waals surface area contributed by atoms with E-state index >= 15 is 0 Å². The minimum absolute atomic E-state index is 0.0450. The molecule has 1 N–H and O–H groups in total. The van der Waals surface area contributed by atoms with Crippen LogP contribution in [0, 0.1) is 10.1 Å². The summed E-state index contributed by atoms with van der Waals surface area (Å²) >= 11 is 0. The molecule has 0 radical (unpaired) electrons. The van der Waals surface area contributed by atoms with Gasteiger partial charge in [0.05, 0.1) is 17.7 Å². The van der Waals surface area contributed by atoms with Crippen LogP contribution in [0.1, 0.15) is 56.6 Å². The molecule has 0 saturated carbocycles. The Bertz CT molecular complexity index is 1300. The maximum atomic E-state index is 10.9. The Balaban J connectivity index is 1.28. The van der Waals surface area contributed by atoms with E-state index in [1.807, 2.05) is 25.1 Å². The zero-order valence-corrected chi connectivity index (χ0v) is 23.4. The van der Waals surface area contributed by atoms with Crippen molar-refractivity contribution >= 4 is 29.7 Å². The normalized spacial score (nSPS) is 15.6. The molecule has 0 spiro atoms. The van der Waals surface area contributed by atoms with Gasteiger partial charge >= 0.3 is 0 Å². The summed E-state index contributed by atoms with van der Waals surface area (Å²) in [6, 6.07) is 11.8. The number of hydrogen-bond acceptors (Lipinski definition) is 11. The van der Waals surface area contributed by atoms with Gasteiger partial charge in [0.1, 0.15) is 6.61 Å². The number of aromatic nitrogens is 3. The van der Waals surface area contributed by atoms with Crippen molar-refractivity contribution in [3.05, 3.63) is 63.7 Å². The molecule has 2 aromatic carbocycles. The molecule has 2 saturated heterocycles. The second-order valence-corrected chi connectivity index (χ2v) is 10.1. The molecule has 12 heteroatoms. The van der Waals surface area contributed by atoms with E-state index in [1.165, 1.54) is 25.0 Å². The zero-order valence-electron chi connectivity index (χ0n) is 23.4. The summed E-state index contributed by atoms with van der Waals surface area (Å²) in [4.78, 5) is 29.1. The van der Waals surface area contributed by atoms with Crippen molar-refractivity contribution in [3.8, 4) is 11.5 Å². The third-order valence-corrected chi connectivity index (χ3v) is 7.08. The van der Waals surface area contributed by atoms with Crippen LogP contribution in [0.25, 0.3) is 0 Å². The van der Waals surface area contributed by atoms with E-state index < -0.39 is 4.92 Å². The van der Waals surface area contributed by atoms with Crippen molar-refractivity contribution in [1.29, 1.82) is 0 Å². The largest absolute Gasteiger partial charge is 0.490 e. The van der Waals surface area contributed by atoms with E-state index in [9.17, 15) is 10.1 Å². The number of benzene rings is 2. The molecule has 41 heavy (non-hydrogen) atoms. The van der Waals surface area contributed by atoms with Gasteiger partial charge in [0, 0.05) is 38.3 Å². The molecule has 216 valence electrons. The number of hydrogen-bond donors (Lipinski definition) is 1. The predicted molar refractivity (Wildman–Crippen MR) is 158 cm³/mol. The minimum atomic E-state index is -0.422. The first-order valence-corrected chi connectivity index (χ1v) is 14.3. The number of nitro groups is 1. The molecule has 1 aromatic heterocycles. The van der Waals surface area contributed by atoms with Gasteiger partial charge in [-0.1, -0.05) is 0 Å². The van der Waals surface area contributed by atoms with Crippen LogP contribution < -0.4 is 24.7 Å². The summed E-state index contributed by atoms with van der Waals surface area (Å²) in [6.45, 7) is 6.43. The average molecular weight is 561 g/mol. The molecule has 0 atom stereocenters. The SMILES string of the molecule is CCOc1cc(C=NNc2nc(N3CCCCC3)nc(N3CCCCC3)n2)ccc1OCc1ccc([N+](=O)[O-])cc1. The average Bonchev–Trinajstić information content (AvgIpc) is 3.02. The number of hydrazone groups is 1. The van der Waals surface area contributed by atoms with Gasteiger partial charge in [-0.25, -0.2) is 5.43 Å². The smallest absolute Gasteiger partial charge is 0.269 e. The monoisotopic (exact) mass is 560 g/mol. The maximum absolute atomic E-state index is 10.9. The van der Waals surface area contributed by atoms with Gasteiger partial charge in [0.2, 0.25) is 17.8 Å². The van der Waals surface area contributed by atoms with Crippen LogP contribution in [0.5, 0.6) is 11.5 Å². The summed E-state index contributed by atoms with van der Waals surface area (Å²) in [5.74, 6) is 2.98. The highest BCUT2D eigenvalue weighted by atomic mass is 16.6. The number of nitrogens with one attached hydrogen (secondary N) is 1. The van der Waals surface area contributed by atoms with Crippen LogP contribution in [-0.2, 0) is 6.61 Å². The molecule has 0 aliphatic carbocycles. The van der Waals surface area contributed by atoms with E-state index in [0.29, 0.717) is 36.0 Å². The number of piperidine rings is 2. The first-order chi connectivity index (χ1) is 20.1. The number of rotatable bonds is 11. The minimum Gasteiger partial charge on any atom is -0.490 e. The Kier molecular flexibility index (Phi) is 9.40. The van der Waals surface area contributed by atoms with Gasteiger partial charge in [-0.3, -0.25) is 10.1 Å². The molecule has 5 rings (SSSR count). The molecule has 2 fully saturated rings. The van der Waals surface area contributed by atoms with Crippen LogP contribution >= 0.6 is 0 Å².